The highest BCUT2D eigenvalue weighted by molar-refractivity contribution is 7.27. The first kappa shape index (κ1) is 26.4. The molecule has 0 unspecified atom stereocenters. The molecule has 0 saturated heterocycles. The number of hydrogen-bond donors (Lipinski definition) is 0. The van der Waals surface area contributed by atoms with E-state index < -0.39 is 0 Å². The molecular weight excluding hydrogens is 623 g/mol. The Hall–Kier alpha value is -5.68. The van der Waals surface area contributed by atoms with E-state index in [1.807, 2.05) is 22.7 Å². The van der Waals surface area contributed by atoms with Crippen LogP contribution in [0.2, 0.25) is 0 Å². The van der Waals surface area contributed by atoms with Crippen LogP contribution in [0.3, 0.4) is 0 Å². The summed E-state index contributed by atoms with van der Waals surface area (Å²) in [6.45, 7) is 0. The topological polar surface area (TPSA) is 16.4 Å². The van der Waals surface area contributed by atoms with Crippen LogP contribution in [-0.4, -0.2) is 0 Å². The number of nitrogens with zero attached hydrogens (tertiary/aromatic N) is 1. The van der Waals surface area contributed by atoms with Gasteiger partial charge in [-0.1, -0.05) is 103 Å². The van der Waals surface area contributed by atoms with Crippen LogP contribution < -0.4 is 4.90 Å². The van der Waals surface area contributed by atoms with E-state index in [0.29, 0.717) is 0 Å². The summed E-state index contributed by atoms with van der Waals surface area (Å²) in [5, 5.41) is 12.5. The molecule has 3 heterocycles. The molecule has 0 N–H and O–H groups in total. The van der Waals surface area contributed by atoms with Crippen molar-refractivity contribution in [1.29, 1.82) is 0 Å². The highest BCUT2D eigenvalue weighted by atomic mass is 32.1. The molecule has 3 aromatic heterocycles. The Balaban J connectivity index is 1.18. The smallest absolute Gasteiger partial charge is 0.143 e. The maximum absolute atomic E-state index is 6.60. The number of anilines is 3. The molecule has 2 nitrogen and oxygen atoms in total. The minimum Gasteiger partial charge on any atom is -0.455 e. The van der Waals surface area contributed by atoms with E-state index in [2.05, 4.69) is 157 Å². The van der Waals surface area contributed by atoms with E-state index in [4.69, 9.17) is 4.42 Å². The van der Waals surface area contributed by atoms with E-state index in [0.717, 1.165) is 27.9 Å². The molecule has 0 bridgehead atoms. The third kappa shape index (κ3) is 3.67. The molecule has 0 radical (unpaired) electrons. The van der Waals surface area contributed by atoms with Crippen LogP contribution in [0, 0.1) is 0 Å². The Labute approximate surface area is 283 Å². The van der Waals surface area contributed by atoms with Gasteiger partial charge in [-0.3, -0.25) is 0 Å². The van der Waals surface area contributed by atoms with E-state index >= 15 is 0 Å². The van der Waals surface area contributed by atoms with Crippen LogP contribution >= 0.6 is 22.7 Å². The van der Waals surface area contributed by atoms with Gasteiger partial charge in [0.25, 0.3) is 0 Å². The zero-order chi connectivity index (χ0) is 31.3. The molecule has 0 saturated carbocycles. The number of furan rings is 1. The minimum absolute atomic E-state index is 0.932. The molecule has 4 heteroatoms. The Morgan fingerprint density at radius 2 is 1.12 bits per heavy atom. The van der Waals surface area contributed by atoms with Crippen molar-refractivity contribution in [2.45, 2.75) is 0 Å². The fourth-order valence-electron chi connectivity index (χ4n) is 7.68. The Bertz CT molecular complexity index is 3070. The first-order valence-electron chi connectivity index (χ1n) is 16.2. The van der Waals surface area contributed by atoms with E-state index in [-0.39, 0.29) is 0 Å². The van der Waals surface area contributed by atoms with Crippen molar-refractivity contribution in [3.05, 3.63) is 152 Å². The van der Waals surface area contributed by atoms with Gasteiger partial charge in [0.2, 0.25) is 0 Å². The van der Waals surface area contributed by atoms with Gasteiger partial charge in [0.05, 0.1) is 10.4 Å². The van der Waals surface area contributed by atoms with E-state index in [1.54, 1.807) is 0 Å². The van der Waals surface area contributed by atoms with Crippen molar-refractivity contribution in [3.63, 3.8) is 0 Å². The quantitative estimate of drug-likeness (QED) is 0.190. The third-order valence-corrected chi connectivity index (χ3v) is 12.2. The van der Waals surface area contributed by atoms with Gasteiger partial charge < -0.3 is 9.32 Å². The second-order valence-electron chi connectivity index (χ2n) is 12.5. The average molecular weight is 648 g/mol. The van der Waals surface area contributed by atoms with Gasteiger partial charge in [-0.05, 0) is 64.7 Å². The molecule has 48 heavy (non-hydrogen) atoms. The maximum atomic E-state index is 6.60. The summed E-state index contributed by atoms with van der Waals surface area (Å²) in [6, 6.07) is 55.1. The molecule has 0 fully saturated rings. The first-order valence-corrected chi connectivity index (χ1v) is 17.8. The van der Waals surface area contributed by atoms with E-state index in [9.17, 15) is 0 Å². The Morgan fingerprint density at radius 3 is 2.00 bits per heavy atom. The normalized spacial score (nSPS) is 12.2. The summed E-state index contributed by atoms with van der Waals surface area (Å²) in [5.74, 6) is 0. The van der Waals surface area contributed by atoms with Crippen molar-refractivity contribution in [2.24, 2.45) is 0 Å². The van der Waals surface area contributed by atoms with Crippen molar-refractivity contribution in [1.82, 2.24) is 0 Å². The van der Waals surface area contributed by atoms with Crippen LogP contribution in [-0.2, 0) is 0 Å². The van der Waals surface area contributed by atoms with Gasteiger partial charge in [-0.25, -0.2) is 0 Å². The summed E-state index contributed by atoms with van der Waals surface area (Å²) in [6.07, 6.45) is 0. The molecule has 0 aliphatic carbocycles. The van der Waals surface area contributed by atoms with Crippen LogP contribution in [0.4, 0.5) is 17.1 Å². The number of benzene rings is 8. The number of hydrogen-bond acceptors (Lipinski definition) is 4. The molecule has 224 valence electrons. The molecule has 0 amide bonds. The highest BCUT2D eigenvalue weighted by Crippen LogP contribution is 2.49. The predicted molar refractivity (Wildman–Crippen MR) is 209 cm³/mol. The van der Waals surface area contributed by atoms with Gasteiger partial charge in [-0.2, -0.15) is 0 Å². The average Bonchev–Trinajstić information content (AvgIpc) is 3.83. The second-order valence-corrected chi connectivity index (χ2v) is 14.6. The number of rotatable bonds is 3. The summed E-state index contributed by atoms with van der Waals surface area (Å²) in [7, 11) is 0. The summed E-state index contributed by atoms with van der Waals surface area (Å²) in [4.78, 5) is 2.43. The lowest BCUT2D eigenvalue weighted by Gasteiger charge is -2.26. The standard InChI is InChI=1S/C44H25NOS2/c1-2-11-28(12-3-1)45(29-19-22-32-33-20-17-27-10-5-7-14-31(27)43(33)48-39(32)25-29)36-16-8-15-35-41-38(47-44(35)36)24-23-37-40(41)34-21-18-26-9-4-6-13-30(26)42(34)46-37/h1-25H. The largest absolute Gasteiger partial charge is 0.455 e. The van der Waals surface area contributed by atoms with Gasteiger partial charge in [-0.15, -0.1) is 22.7 Å². The molecule has 0 aliphatic heterocycles. The Morgan fingerprint density at radius 1 is 0.417 bits per heavy atom. The van der Waals surface area contributed by atoms with Crippen LogP contribution in [0.25, 0.3) is 83.8 Å². The lowest BCUT2D eigenvalue weighted by Crippen LogP contribution is -2.09. The third-order valence-electron chi connectivity index (χ3n) is 9.83. The SMILES string of the molecule is c1ccc(N(c2ccc3c(c2)sc2c4ccccc4ccc32)c2cccc3c2sc2ccc4oc5c6ccccc6ccc5c4c23)cc1. The fraction of sp³-hybridized carbons (Fsp3) is 0. The summed E-state index contributed by atoms with van der Waals surface area (Å²) >= 11 is 3.75. The van der Waals surface area contributed by atoms with Crippen LogP contribution in [0.1, 0.15) is 0 Å². The lowest BCUT2D eigenvalue weighted by molar-refractivity contribution is 0.673. The zero-order valence-corrected chi connectivity index (χ0v) is 27.2. The monoisotopic (exact) mass is 647 g/mol. The molecule has 0 aliphatic rings. The number of thiophene rings is 2. The highest BCUT2D eigenvalue weighted by Gasteiger charge is 2.22. The van der Waals surface area contributed by atoms with Crippen molar-refractivity contribution < 1.29 is 4.42 Å². The van der Waals surface area contributed by atoms with Crippen LogP contribution in [0.5, 0.6) is 0 Å². The zero-order valence-electron chi connectivity index (χ0n) is 25.6. The van der Waals surface area contributed by atoms with Gasteiger partial charge in [0.15, 0.2) is 0 Å². The number of fused-ring (bicyclic) bond motifs is 14. The molecule has 0 spiro atoms. The van der Waals surface area contributed by atoms with Crippen molar-refractivity contribution in [2.75, 3.05) is 4.90 Å². The summed E-state index contributed by atoms with van der Waals surface area (Å²) in [5.41, 5.74) is 5.36. The molecule has 11 rings (SSSR count). The van der Waals surface area contributed by atoms with Crippen LogP contribution in [0.15, 0.2) is 156 Å². The van der Waals surface area contributed by atoms with Gasteiger partial charge in [0, 0.05) is 63.2 Å². The molecular formula is C44H25NOS2. The molecule has 8 aromatic carbocycles. The lowest BCUT2D eigenvalue weighted by atomic mass is 10.0. The van der Waals surface area contributed by atoms with Gasteiger partial charge in [0.1, 0.15) is 11.2 Å². The molecule has 0 atom stereocenters. The second kappa shape index (κ2) is 9.91. The van der Waals surface area contributed by atoms with E-state index in [1.165, 1.54) is 73.0 Å². The van der Waals surface area contributed by atoms with Crippen molar-refractivity contribution >= 4 is 124 Å². The first-order chi connectivity index (χ1) is 23.8. The predicted octanol–water partition coefficient (Wildman–Crippen LogP) is 14.1. The Kier molecular flexibility index (Phi) is 5.45. The van der Waals surface area contributed by atoms with Crippen molar-refractivity contribution in [3.8, 4) is 0 Å². The summed E-state index contributed by atoms with van der Waals surface area (Å²) < 4.78 is 11.8. The fourth-order valence-corrected chi connectivity index (χ4v) is 10.2. The maximum Gasteiger partial charge on any atom is 0.143 e. The van der Waals surface area contributed by atoms with Gasteiger partial charge >= 0.3 is 0 Å². The minimum atomic E-state index is 0.932. The number of para-hydroxylation sites is 1. The molecule has 11 aromatic rings.